The van der Waals surface area contributed by atoms with Crippen molar-refractivity contribution >= 4 is 29.3 Å². The van der Waals surface area contributed by atoms with Crippen molar-refractivity contribution < 1.29 is 19.4 Å². The molecule has 4 aliphatic carbocycles. The van der Waals surface area contributed by atoms with Crippen LogP contribution in [0.3, 0.4) is 0 Å². The average molecular weight is 531 g/mol. The lowest BCUT2D eigenvalue weighted by Crippen LogP contribution is -2.46. The molecule has 1 heterocycles. The molecule has 2 bridgehead atoms. The number of hydrogen-bond acceptors (Lipinski definition) is 5. The molecule has 3 aromatic rings. The van der Waals surface area contributed by atoms with E-state index in [2.05, 4.69) is 34.0 Å². The summed E-state index contributed by atoms with van der Waals surface area (Å²) in [6.45, 7) is 3.84. The number of aryl methyl sites for hydroxylation is 1. The van der Waals surface area contributed by atoms with Crippen LogP contribution in [-0.2, 0) is 25.8 Å². The molecule has 38 heavy (non-hydrogen) atoms. The highest BCUT2D eigenvalue weighted by Gasteiger charge is 2.53. The molecule has 0 radical (unpaired) electrons. The summed E-state index contributed by atoms with van der Waals surface area (Å²) in [7, 11) is 0. The van der Waals surface area contributed by atoms with Crippen molar-refractivity contribution in [1.29, 1.82) is 0 Å². The van der Waals surface area contributed by atoms with Gasteiger partial charge in [0.25, 0.3) is 0 Å². The maximum atomic E-state index is 12.9. The van der Waals surface area contributed by atoms with Crippen LogP contribution in [0.1, 0.15) is 91.7 Å². The third kappa shape index (κ3) is 4.12. The Morgan fingerprint density at radius 1 is 0.895 bits per heavy atom. The predicted molar refractivity (Wildman–Crippen MR) is 148 cm³/mol. The molecule has 2 N–H and O–H groups in total. The van der Waals surface area contributed by atoms with Crippen LogP contribution < -0.4 is 5.32 Å². The number of aromatic nitrogens is 1. The molecule has 4 fully saturated rings. The number of amides is 1. The van der Waals surface area contributed by atoms with Gasteiger partial charge in [-0.25, -0.2) is 4.79 Å². The monoisotopic (exact) mass is 530 g/mol. The zero-order chi connectivity index (χ0) is 26.5. The first-order valence-electron chi connectivity index (χ1n) is 13.6. The molecule has 2 aromatic carbocycles. The number of aliphatic carboxylic acids is 1. The first-order chi connectivity index (χ1) is 18.3. The van der Waals surface area contributed by atoms with Gasteiger partial charge in [0.2, 0.25) is 0 Å². The summed E-state index contributed by atoms with van der Waals surface area (Å²) in [5.41, 5.74) is 4.43. The van der Waals surface area contributed by atoms with Crippen LogP contribution in [0, 0.1) is 6.92 Å². The van der Waals surface area contributed by atoms with Gasteiger partial charge in [0.15, 0.2) is 0 Å². The summed E-state index contributed by atoms with van der Waals surface area (Å²) < 4.78 is 10.3. The van der Waals surface area contributed by atoms with E-state index >= 15 is 0 Å². The second kappa shape index (κ2) is 9.23. The number of nitrogens with one attached hydrogen (secondary N) is 1. The van der Waals surface area contributed by atoms with Crippen molar-refractivity contribution in [3.63, 3.8) is 0 Å². The molecule has 1 unspecified atom stereocenters. The molecule has 0 spiro atoms. The Hall–Kier alpha value is -3.19. The SMILES string of the molecule is Cc1nsc(C23CCC(c4ccc(C5(C(=O)O)CC5)cc4)(CC2)CC3)c1NC(=O)OC(C)c1ccccc1. The van der Waals surface area contributed by atoms with E-state index < -0.39 is 17.5 Å². The summed E-state index contributed by atoms with van der Waals surface area (Å²) in [4.78, 5) is 25.8. The first kappa shape index (κ1) is 25.1. The second-order valence-corrected chi connectivity index (χ2v) is 12.4. The third-order valence-corrected chi connectivity index (χ3v) is 10.8. The quantitative estimate of drug-likeness (QED) is 0.332. The number of benzene rings is 2. The summed E-state index contributed by atoms with van der Waals surface area (Å²) in [6, 6.07) is 18.2. The van der Waals surface area contributed by atoms with Crippen LogP contribution in [0.15, 0.2) is 54.6 Å². The molecule has 1 amide bonds. The van der Waals surface area contributed by atoms with Gasteiger partial charge in [-0.3, -0.25) is 10.1 Å². The van der Waals surface area contributed by atoms with Crippen molar-refractivity contribution in [1.82, 2.24) is 4.37 Å². The van der Waals surface area contributed by atoms with Gasteiger partial charge in [0, 0.05) is 5.41 Å². The van der Waals surface area contributed by atoms with Crippen molar-refractivity contribution in [2.24, 2.45) is 0 Å². The van der Waals surface area contributed by atoms with Gasteiger partial charge in [-0.15, -0.1) is 0 Å². The van der Waals surface area contributed by atoms with E-state index in [1.165, 1.54) is 22.0 Å². The number of ether oxygens (including phenoxy) is 1. The van der Waals surface area contributed by atoms with E-state index in [0.29, 0.717) is 0 Å². The fourth-order valence-electron chi connectivity index (χ4n) is 6.82. The first-order valence-corrected chi connectivity index (χ1v) is 14.4. The summed E-state index contributed by atoms with van der Waals surface area (Å²) in [5, 5.41) is 12.7. The number of carboxylic acids is 1. The maximum absolute atomic E-state index is 12.9. The molecule has 7 heteroatoms. The van der Waals surface area contributed by atoms with E-state index in [9.17, 15) is 14.7 Å². The van der Waals surface area contributed by atoms with Gasteiger partial charge >= 0.3 is 12.1 Å². The topological polar surface area (TPSA) is 88.5 Å². The van der Waals surface area contributed by atoms with E-state index in [4.69, 9.17) is 4.74 Å². The molecule has 1 atom stereocenters. The van der Waals surface area contributed by atoms with Crippen LogP contribution in [0.2, 0.25) is 0 Å². The Morgan fingerprint density at radius 3 is 2.05 bits per heavy atom. The highest BCUT2D eigenvalue weighted by atomic mass is 32.1. The summed E-state index contributed by atoms with van der Waals surface area (Å²) >= 11 is 1.52. The smallest absolute Gasteiger partial charge is 0.412 e. The highest BCUT2D eigenvalue weighted by Crippen LogP contribution is 2.61. The zero-order valence-corrected chi connectivity index (χ0v) is 22.8. The Labute approximate surface area is 227 Å². The molecular weight excluding hydrogens is 496 g/mol. The summed E-state index contributed by atoms with van der Waals surface area (Å²) in [5.74, 6) is -0.703. The Bertz CT molecular complexity index is 1340. The minimum absolute atomic E-state index is 0.0304. The lowest BCUT2D eigenvalue weighted by atomic mass is 9.51. The Kier molecular flexibility index (Phi) is 6.10. The van der Waals surface area contributed by atoms with Crippen molar-refractivity contribution in [3.05, 3.63) is 81.9 Å². The number of rotatable bonds is 7. The number of fused-ring (bicyclic) bond motifs is 3. The van der Waals surface area contributed by atoms with Crippen LogP contribution in [0.5, 0.6) is 0 Å². The number of carbonyl (C=O) groups excluding carboxylic acids is 1. The Balaban J connectivity index is 1.16. The van der Waals surface area contributed by atoms with Gasteiger partial charge in [-0.2, -0.15) is 4.37 Å². The average Bonchev–Trinajstić information content (AvgIpc) is 3.69. The lowest BCUT2D eigenvalue weighted by Gasteiger charge is -2.53. The van der Waals surface area contributed by atoms with Crippen molar-refractivity contribution in [2.75, 3.05) is 5.32 Å². The van der Waals surface area contributed by atoms with Crippen molar-refractivity contribution in [3.8, 4) is 0 Å². The van der Waals surface area contributed by atoms with Crippen LogP contribution in [-0.4, -0.2) is 21.5 Å². The molecule has 0 aliphatic heterocycles. The minimum Gasteiger partial charge on any atom is -0.481 e. The van der Waals surface area contributed by atoms with Gasteiger partial charge in [0.1, 0.15) is 6.10 Å². The number of anilines is 1. The van der Waals surface area contributed by atoms with Gasteiger partial charge in [0.05, 0.1) is 21.7 Å². The van der Waals surface area contributed by atoms with Crippen molar-refractivity contribution in [2.45, 2.75) is 87.6 Å². The fraction of sp³-hybridized carbons (Fsp3) is 0.452. The molecule has 4 aliphatic rings. The third-order valence-electron chi connectivity index (χ3n) is 9.58. The van der Waals surface area contributed by atoms with E-state index in [1.807, 2.05) is 44.2 Å². The molecule has 6 nitrogen and oxygen atoms in total. The largest absolute Gasteiger partial charge is 0.481 e. The van der Waals surface area contributed by atoms with Crippen LogP contribution in [0.25, 0.3) is 0 Å². The number of hydrogen-bond donors (Lipinski definition) is 2. The number of carbonyl (C=O) groups is 2. The van der Waals surface area contributed by atoms with Gasteiger partial charge in [-0.1, -0.05) is 54.6 Å². The molecule has 4 saturated carbocycles. The van der Waals surface area contributed by atoms with E-state index in [-0.39, 0.29) is 16.9 Å². The zero-order valence-electron chi connectivity index (χ0n) is 22.0. The van der Waals surface area contributed by atoms with Crippen LogP contribution in [0.4, 0.5) is 10.5 Å². The normalized spacial score (nSPS) is 25.9. The summed E-state index contributed by atoms with van der Waals surface area (Å²) in [6.07, 6.45) is 7.10. The van der Waals surface area contributed by atoms with Gasteiger partial charge in [-0.05, 0) is 98.9 Å². The van der Waals surface area contributed by atoms with E-state index in [1.54, 1.807) is 0 Å². The lowest BCUT2D eigenvalue weighted by molar-refractivity contribution is -0.140. The number of carboxylic acid groups (broad SMARTS) is 1. The van der Waals surface area contributed by atoms with Gasteiger partial charge < -0.3 is 9.84 Å². The number of nitrogens with zero attached hydrogens (tertiary/aromatic N) is 1. The minimum atomic E-state index is -0.703. The predicted octanol–water partition coefficient (Wildman–Crippen LogP) is 7.42. The molecule has 0 saturated heterocycles. The second-order valence-electron chi connectivity index (χ2n) is 11.6. The maximum Gasteiger partial charge on any atom is 0.412 e. The molecule has 1 aromatic heterocycles. The molecular formula is C31H34N2O4S. The van der Waals surface area contributed by atoms with E-state index in [0.717, 1.165) is 73.9 Å². The van der Waals surface area contributed by atoms with Crippen LogP contribution >= 0.6 is 11.5 Å². The Morgan fingerprint density at radius 2 is 1.47 bits per heavy atom. The highest BCUT2D eigenvalue weighted by molar-refractivity contribution is 7.06. The molecule has 198 valence electrons. The fourth-order valence-corrected chi connectivity index (χ4v) is 7.93. The molecule has 7 rings (SSSR count). The standard InChI is InChI=1S/C31H34N2O4S/c1-20-25(32-28(36)37-21(2)22-6-4-3-5-7-22)26(38-33-20)30-15-12-29(13-16-30,14-17-30)23-8-10-24(11-9-23)31(18-19-31)27(34)35/h3-11,21H,12-19H2,1-2H3,(H,32,36)(H,34,35).